The molecule has 1 fully saturated rings. The average molecular weight is 456 g/mol. The van der Waals surface area contributed by atoms with E-state index in [4.69, 9.17) is 5.26 Å². The molecular weight excluding hydrogens is 421 g/mol. The van der Waals surface area contributed by atoms with E-state index in [1.54, 1.807) is 18.5 Å². The summed E-state index contributed by atoms with van der Waals surface area (Å²) in [5.41, 5.74) is 4.06. The van der Waals surface area contributed by atoms with Gasteiger partial charge in [-0.3, -0.25) is 0 Å². The van der Waals surface area contributed by atoms with Crippen LogP contribution in [0.4, 0.5) is 4.39 Å². The van der Waals surface area contributed by atoms with Gasteiger partial charge in [0.1, 0.15) is 11.9 Å². The summed E-state index contributed by atoms with van der Waals surface area (Å²) in [6.07, 6.45) is 17.2. The monoisotopic (exact) mass is 455 g/mol. The molecule has 1 aliphatic carbocycles. The molecule has 1 saturated carbocycles. The van der Waals surface area contributed by atoms with Crippen LogP contribution < -0.4 is 0 Å². The standard InChI is InChI=1S/C30H34FN3/c1-2-3-4-5-6-7-22-8-10-23(11-9-22)24-12-14-25(15-13-24)28-20-33-30(34-21-28)26-16-17-27(19-32)29(31)18-26/h12-18,20-23H,2-11H2,1H3. The van der Waals surface area contributed by atoms with Crippen molar-refractivity contribution in [2.75, 3.05) is 0 Å². The maximum atomic E-state index is 13.9. The summed E-state index contributed by atoms with van der Waals surface area (Å²) < 4.78 is 13.9. The quantitative estimate of drug-likeness (QED) is 0.304. The summed E-state index contributed by atoms with van der Waals surface area (Å²) in [4.78, 5) is 8.85. The molecule has 0 radical (unpaired) electrons. The Hall–Kier alpha value is -3.06. The van der Waals surface area contributed by atoms with Crippen LogP contribution in [0.2, 0.25) is 0 Å². The minimum Gasteiger partial charge on any atom is -0.236 e. The molecule has 1 heterocycles. The molecule has 4 rings (SSSR count). The second kappa shape index (κ2) is 11.9. The highest BCUT2D eigenvalue weighted by Gasteiger charge is 2.22. The van der Waals surface area contributed by atoms with Gasteiger partial charge < -0.3 is 0 Å². The highest BCUT2D eigenvalue weighted by Crippen LogP contribution is 2.38. The fourth-order valence-electron chi connectivity index (χ4n) is 5.14. The Labute approximate surface area is 203 Å². The average Bonchev–Trinajstić information content (AvgIpc) is 2.89. The summed E-state index contributed by atoms with van der Waals surface area (Å²) in [6.45, 7) is 2.28. The fraction of sp³-hybridized carbons (Fsp3) is 0.433. The van der Waals surface area contributed by atoms with E-state index in [2.05, 4.69) is 41.2 Å². The van der Waals surface area contributed by atoms with Crippen molar-refractivity contribution >= 4 is 0 Å². The van der Waals surface area contributed by atoms with Crippen molar-refractivity contribution < 1.29 is 4.39 Å². The Morgan fingerprint density at radius 3 is 2.18 bits per heavy atom. The van der Waals surface area contributed by atoms with Crippen molar-refractivity contribution in [3.05, 3.63) is 71.8 Å². The highest BCUT2D eigenvalue weighted by molar-refractivity contribution is 5.64. The van der Waals surface area contributed by atoms with Crippen LogP contribution in [-0.2, 0) is 0 Å². The van der Waals surface area contributed by atoms with Gasteiger partial charge in [-0.15, -0.1) is 0 Å². The van der Waals surface area contributed by atoms with Crippen molar-refractivity contribution in [3.8, 4) is 28.6 Å². The number of hydrogen-bond donors (Lipinski definition) is 0. The van der Waals surface area contributed by atoms with E-state index in [-0.39, 0.29) is 5.56 Å². The number of nitrogens with zero attached hydrogens (tertiary/aromatic N) is 3. The Bertz CT molecular complexity index is 1090. The molecule has 34 heavy (non-hydrogen) atoms. The van der Waals surface area contributed by atoms with Crippen molar-refractivity contribution in [1.29, 1.82) is 5.26 Å². The van der Waals surface area contributed by atoms with Gasteiger partial charge in [0.25, 0.3) is 0 Å². The lowest BCUT2D eigenvalue weighted by Gasteiger charge is -2.29. The summed E-state index contributed by atoms with van der Waals surface area (Å²) >= 11 is 0. The number of benzene rings is 2. The van der Waals surface area contributed by atoms with Gasteiger partial charge in [-0.2, -0.15) is 5.26 Å². The van der Waals surface area contributed by atoms with Crippen LogP contribution in [0.5, 0.6) is 0 Å². The van der Waals surface area contributed by atoms with Crippen LogP contribution in [0.1, 0.15) is 88.2 Å². The zero-order valence-corrected chi connectivity index (χ0v) is 20.1. The van der Waals surface area contributed by atoms with Crippen molar-refractivity contribution in [2.24, 2.45) is 5.92 Å². The normalized spacial score (nSPS) is 17.9. The number of unbranched alkanes of at least 4 members (excludes halogenated alkanes) is 4. The number of nitriles is 1. The fourth-order valence-corrected chi connectivity index (χ4v) is 5.14. The van der Waals surface area contributed by atoms with Crippen molar-refractivity contribution in [3.63, 3.8) is 0 Å². The smallest absolute Gasteiger partial charge is 0.159 e. The molecule has 0 atom stereocenters. The zero-order chi connectivity index (χ0) is 23.8. The van der Waals surface area contributed by atoms with Gasteiger partial charge in [0.05, 0.1) is 5.56 Å². The van der Waals surface area contributed by atoms with Gasteiger partial charge in [-0.1, -0.05) is 69.7 Å². The number of hydrogen-bond acceptors (Lipinski definition) is 3. The van der Waals surface area contributed by atoms with E-state index < -0.39 is 5.82 Å². The summed E-state index contributed by atoms with van der Waals surface area (Å²) in [7, 11) is 0. The maximum Gasteiger partial charge on any atom is 0.159 e. The third-order valence-electron chi connectivity index (χ3n) is 7.28. The molecule has 1 aliphatic rings. The van der Waals surface area contributed by atoms with E-state index in [1.165, 1.54) is 81.9 Å². The minimum atomic E-state index is -0.552. The second-order valence-corrected chi connectivity index (χ2v) is 9.64. The zero-order valence-electron chi connectivity index (χ0n) is 20.1. The molecule has 3 aromatic rings. The maximum absolute atomic E-state index is 13.9. The predicted octanol–water partition coefficient (Wildman–Crippen LogP) is 8.46. The Balaban J connectivity index is 1.32. The topological polar surface area (TPSA) is 49.6 Å². The van der Waals surface area contributed by atoms with Crippen molar-refractivity contribution in [1.82, 2.24) is 9.97 Å². The lowest BCUT2D eigenvalue weighted by molar-refractivity contribution is 0.302. The largest absolute Gasteiger partial charge is 0.236 e. The summed E-state index contributed by atoms with van der Waals surface area (Å²) in [5.74, 6) is 1.50. The number of aromatic nitrogens is 2. The summed E-state index contributed by atoms with van der Waals surface area (Å²) in [6, 6.07) is 15.1. The molecule has 0 amide bonds. The van der Waals surface area contributed by atoms with Crippen LogP contribution in [0.15, 0.2) is 54.9 Å². The van der Waals surface area contributed by atoms with Gasteiger partial charge in [0, 0.05) is 23.5 Å². The first-order valence-corrected chi connectivity index (χ1v) is 12.8. The van der Waals surface area contributed by atoms with Gasteiger partial charge in [0.2, 0.25) is 0 Å². The van der Waals surface area contributed by atoms with E-state index in [1.807, 2.05) is 6.07 Å². The van der Waals surface area contributed by atoms with Crippen LogP contribution in [0.3, 0.4) is 0 Å². The van der Waals surface area contributed by atoms with Crippen LogP contribution in [-0.4, -0.2) is 9.97 Å². The second-order valence-electron chi connectivity index (χ2n) is 9.64. The van der Waals surface area contributed by atoms with Crippen LogP contribution in [0, 0.1) is 23.1 Å². The Morgan fingerprint density at radius 1 is 0.853 bits per heavy atom. The number of halogens is 1. The van der Waals surface area contributed by atoms with E-state index in [0.29, 0.717) is 17.3 Å². The third kappa shape index (κ3) is 6.08. The predicted molar refractivity (Wildman–Crippen MR) is 136 cm³/mol. The van der Waals surface area contributed by atoms with Gasteiger partial charge in [-0.05, 0) is 66.8 Å². The minimum absolute atomic E-state index is 0.0244. The molecule has 0 unspecified atom stereocenters. The van der Waals surface area contributed by atoms with Gasteiger partial charge in [-0.25, -0.2) is 14.4 Å². The van der Waals surface area contributed by atoms with E-state index in [0.717, 1.165) is 17.0 Å². The molecule has 1 aromatic heterocycles. The van der Waals surface area contributed by atoms with E-state index >= 15 is 0 Å². The SMILES string of the molecule is CCCCCCCC1CCC(c2ccc(-c3cnc(-c4ccc(C#N)c(F)c4)nc3)cc2)CC1. The van der Waals surface area contributed by atoms with Gasteiger partial charge >= 0.3 is 0 Å². The first-order valence-electron chi connectivity index (χ1n) is 12.8. The lowest BCUT2D eigenvalue weighted by atomic mass is 9.77. The molecule has 2 aromatic carbocycles. The number of rotatable bonds is 9. The highest BCUT2D eigenvalue weighted by atomic mass is 19.1. The molecule has 3 nitrogen and oxygen atoms in total. The third-order valence-corrected chi connectivity index (χ3v) is 7.28. The van der Waals surface area contributed by atoms with Crippen molar-refractivity contribution in [2.45, 2.75) is 77.0 Å². The molecule has 0 spiro atoms. The molecule has 0 bridgehead atoms. The molecule has 4 heteroatoms. The molecule has 0 N–H and O–H groups in total. The lowest BCUT2D eigenvalue weighted by Crippen LogP contribution is -2.13. The molecule has 0 saturated heterocycles. The van der Waals surface area contributed by atoms with Gasteiger partial charge in [0.15, 0.2) is 5.82 Å². The van der Waals surface area contributed by atoms with Crippen LogP contribution in [0.25, 0.3) is 22.5 Å². The van der Waals surface area contributed by atoms with E-state index in [9.17, 15) is 4.39 Å². The Morgan fingerprint density at radius 2 is 1.53 bits per heavy atom. The molecular formula is C30H34FN3. The molecule has 0 aliphatic heterocycles. The summed E-state index contributed by atoms with van der Waals surface area (Å²) in [5, 5.41) is 8.89. The molecule has 176 valence electrons. The first-order chi connectivity index (χ1) is 16.7. The first kappa shape index (κ1) is 24.1. The van der Waals surface area contributed by atoms with Crippen LogP contribution >= 0.6 is 0 Å². The Kier molecular flexibility index (Phi) is 8.41.